The molecular weight excluding hydrogens is 590 g/mol. The molecule has 0 saturated carbocycles. The number of halogens is 2. The van der Waals surface area contributed by atoms with Gasteiger partial charge in [0, 0.05) is 10.8 Å². The average Bonchev–Trinajstić information content (AvgIpc) is 3.47. The average molecular weight is 623 g/mol. The van der Waals surface area contributed by atoms with Gasteiger partial charge in [-0.25, -0.2) is 29.1 Å². The minimum Gasteiger partial charge on any atom is -0.461 e. The van der Waals surface area contributed by atoms with E-state index in [2.05, 4.69) is 30.1 Å². The summed E-state index contributed by atoms with van der Waals surface area (Å²) in [5.74, 6) is -7.36. The van der Waals surface area contributed by atoms with Crippen LogP contribution in [0.4, 0.5) is 28.6 Å². The van der Waals surface area contributed by atoms with Gasteiger partial charge >= 0.3 is 30.0 Å². The highest BCUT2D eigenvalue weighted by atomic mass is 32.1. The molecular formula is C24H32F2N4O9S2. The monoisotopic (exact) mass is 622 g/mol. The van der Waals surface area contributed by atoms with Crippen LogP contribution >= 0.6 is 22.7 Å². The molecule has 2 amide bonds. The maximum atomic E-state index is 13.7. The number of alkyl halides is 2. The van der Waals surface area contributed by atoms with Gasteiger partial charge in [-0.2, -0.15) is 8.78 Å². The first kappa shape index (κ1) is 35.3. The maximum absolute atomic E-state index is 13.7. The molecule has 0 atom stereocenters. The highest BCUT2D eigenvalue weighted by Gasteiger charge is 2.45. The highest BCUT2D eigenvalue weighted by Crippen LogP contribution is 2.32. The number of carbonyl (C=O) groups excluding carboxylic acids is 5. The van der Waals surface area contributed by atoms with Gasteiger partial charge in [0.2, 0.25) is 0 Å². The van der Waals surface area contributed by atoms with Crippen LogP contribution in [0, 0.1) is 0 Å². The fourth-order valence-corrected chi connectivity index (χ4v) is 3.71. The SMILES string of the molecule is CCOC(=O)C(=O)c1csc(NC(=O)OC(C)(C)C)n1.CCOC(=O)C(F)(F)c1csc(NC(=O)OC(C)(C)C)n1. The van der Waals surface area contributed by atoms with Crippen LogP contribution in [-0.4, -0.2) is 64.3 Å². The van der Waals surface area contributed by atoms with Crippen molar-refractivity contribution >= 4 is 62.8 Å². The molecule has 2 aromatic heterocycles. The minimum absolute atomic E-state index is 0.0699. The summed E-state index contributed by atoms with van der Waals surface area (Å²) in [6.07, 6.45) is -1.50. The third-order valence-electron chi connectivity index (χ3n) is 3.77. The highest BCUT2D eigenvalue weighted by molar-refractivity contribution is 7.14. The number of nitrogens with zero attached hydrogens (tertiary/aromatic N) is 2. The zero-order valence-corrected chi connectivity index (χ0v) is 25.3. The molecule has 0 spiro atoms. The number of carbonyl (C=O) groups is 5. The van der Waals surface area contributed by atoms with Gasteiger partial charge in [0.15, 0.2) is 10.3 Å². The van der Waals surface area contributed by atoms with Crippen molar-refractivity contribution in [1.82, 2.24) is 9.97 Å². The second-order valence-corrected chi connectivity index (χ2v) is 11.4. The fraction of sp³-hybridized carbons (Fsp3) is 0.542. The number of aromatic nitrogens is 2. The molecule has 0 aliphatic heterocycles. The molecule has 0 fully saturated rings. The number of nitrogens with one attached hydrogen (secondary N) is 2. The molecule has 0 bridgehead atoms. The van der Waals surface area contributed by atoms with Crippen LogP contribution < -0.4 is 10.6 Å². The number of hydrogen-bond acceptors (Lipinski definition) is 13. The van der Waals surface area contributed by atoms with Crippen LogP contribution in [0.15, 0.2) is 10.8 Å². The second kappa shape index (κ2) is 14.8. The van der Waals surface area contributed by atoms with Gasteiger partial charge in [0.05, 0.1) is 13.2 Å². The number of rotatable bonds is 8. The molecule has 228 valence electrons. The van der Waals surface area contributed by atoms with E-state index in [-0.39, 0.29) is 29.2 Å². The second-order valence-electron chi connectivity index (χ2n) is 9.67. The summed E-state index contributed by atoms with van der Waals surface area (Å²) in [7, 11) is 0. The number of thiazole rings is 2. The molecule has 0 aromatic carbocycles. The molecule has 2 heterocycles. The van der Waals surface area contributed by atoms with Crippen molar-refractivity contribution in [3.8, 4) is 0 Å². The third-order valence-corrected chi connectivity index (χ3v) is 5.29. The Kier molecular flexibility index (Phi) is 12.7. The predicted octanol–water partition coefficient (Wildman–Crippen LogP) is 5.38. The number of ketones is 1. The molecule has 2 N–H and O–H groups in total. The number of hydrogen-bond donors (Lipinski definition) is 2. The quantitative estimate of drug-likeness (QED) is 0.167. The summed E-state index contributed by atoms with van der Waals surface area (Å²) in [4.78, 5) is 64.3. The Morgan fingerprint density at radius 2 is 1.24 bits per heavy atom. The Morgan fingerprint density at radius 1 is 0.780 bits per heavy atom. The Labute approximate surface area is 242 Å². The van der Waals surface area contributed by atoms with E-state index in [1.165, 1.54) is 12.3 Å². The topological polar surface area (TPSA) is 172 Å². The molecule has 41 heavy (non-hydrogen) atoms. The number of anilines is 2. The largest absolute Gasteiger partial charge is 0.461 e. The number of ether oxygens (including phenoxy) is 4. The molecule has 0 saturated heterocycles. The van der Waals surface area contributed by atoms with Crippen LogP contribution in [0.1, 0.15) is 71.6 Å². The van der Waals surface area contributed by atoms with Gasteiger partial charge in [0.25, 0.3) is 5.78 Å². The van der Waals surface area contributed by atoms with Crippen molar-refractivity contribution in [2.75, 3.05) is 23.8 Å². The van der Waals surface area contributed by atoms with Gasteiger partial charge in [-0.05, 0) is 55.4 Å². The summed E-state index contributed by atoms with van der Waals surface area (Å²) in [5.41, 5.74) is -2.21. The van der Waals surface area contributed by atoms with E-state index < -0.39 is 52.7 Å². The third kappa shape index (κ3) is 12.5. The molecule has 13 nitrogen and oxygen atoms in total. The normalized spacial score (nSPS) is 11.4. The van der Waals surface area contributed by atoms with Crippen molar-refractivity contribution in [1.29, 1.82) is 0 Å². The van der Waals surface area contributed by atoms with E-state index in [4.69, 9.17) is 9.47 Å². The van der Waals surface area contributed by atoms with E-state index in [0.29, 0.717) is 0 Å². The van der Waals surface area contributed by atoms with Gasteiger partial charge in [-0.1, -0.05) is 0 Å². The molecule has 2 rings (SSSR count). The molecule has 17 heteroatoms. The van der Waals surface area contributed by atoms with Gasteiger partial charge in [0.1, 0.15) is 22.6 Å². The van der Waals surface area contributed by atoms with Crippen molar-refractivity contribution in [2.45, 2.75) is 72.5 Å². The summed E-state index contributed by atoms with van der Waals surface area (Å²) in [6, 6.07) is 0. The zero-order valence-electron chi connectivity index (χ0n) is 23.7. The molecule has 0 aliphatic carbocycles. The van der Waals surface area contributed by atoms with Crippen molar-refractivity contribution in [2.24, 2.45) is 0 Å². The summed E-state index contributed by atoms with van der Waals surface area (Å²) < 4.78 is 46.2. The minimum atomic E-state index is -3.86. The smallest absolute Gasteiger partial charge is 0.413 e. The standard InChI is InChI=1S/C12H16F2N2O4S.C12H16N2O5S/c1-5-19-8(17)12(13,14)7-6-21-9(15-7)16-10(18)20-11(2,3)4;1-5-18-9(16)8(15)7-6-20-10(13-7)14-11(17)19-12(2,3)4/h6H,5H2,1-4H3,(H,15,16,18);6H,5H2,1-4H3,(H,13,14,17). The van der Waals surface area contributed by atoms with Crippen molar-refractivity contribution in [3.63, 3.8) is 0 Å². The lowest BCUT2D eigenvalue weighted by Gasteiger charge is -2.19. The number of esters is 2. The van der Waals surface area contributed by atoms with E-state index in [9.17, 15) is 32.8 Å². The van der Waals surface area contributed by atoms with Gasteiger partial charge < -0.3 is 18.9 Å². The van der Waals surface area contributed by atoms with Crippen LogP contribution in [0.3, 0.4) is 0 Å². The fourth-order valence-electron chi connectivity index (χ4n) is 2.32. The molecule has 0 radical (unpaired) electrons. The van der Waals surface area contributed by atoms with Crippen LogP contribution in [0.5, 0.6) is 0 Å². The van der Waals surface area contributed by atoms with Gasteiger partial charge in [-0.3, -0.25) is 15.4 Å². The lowest BCUT2D eigenvalue weighted by molar-refractivity contribution is -0.173. The van der Waals surface area contributed by atoms with E-state index in [0.717, 1.165) is 28.1 Å². The van der Waals surface area contributed by atoms with E-state index >= 15 is 0 Å². The van der Waals surface area contributed by atoms with E-state index in [1.807, 2.05) is 0 Å². The number of amides is 2. The van der Waals surface area contributed by atoms with Crippen molar-refractivity contribution in [3.05, 3.63) is 22.1 Å². The van der Waals surface area contributed by atoms with E-state index in [1.54, 1.807) is 48.5 Å². The summed E-state index contributed by atoms with van der Waals surface area (Å²) in [5, 5.41) is 7.03. The first-order valence-electron chi connectivity index (χ1n) is 12.0. The van der Waals surface area contributed by atoms with Crippen LogP contribution in [-0.2, 0) is 34.5 Å². The molecule has 2 aromatic rings. The first-order valence-corrected chi connectivity index (χ1v) is 13.7. The van der Waals surface area contributed by atoms with Crippen molar-refractivity contribution < 1.29 is 51.7 Å². The Morgan fingerprint density at radius 3 is 1.71 bits per heavy atom. The van der Waals surface area contributed by atoms with Crippen LogP contribution in [0.25, 0.3) is 0 Å². The Balaban J connectivity index is 0.000000410. The predicted molar refractivity (Wildman–Crippen MR) is 145 cm³/mol. The summed E-state index contributed by atoms with van der Waals surface area (Å²) in [6.45, 7) is 13.1. The summed E-state index contributed by atoms with van der Waals surface area (Å²) >= 11 is 1.77. The Bertz CT molecular complexity index is 1230. The first-order chi connectivity index (χ1) is 18.8. The lowest BCUT2D eigenvalue weighted by atomic mass is 10.2. The lowest BCUT2D eigenvalue weighted by Crippen LogP contribution is -2.29. The molecule has 0 unspecified atom stereocenters. The zero-order chi connectivity index (χ0) is 31.6. The Hall–Kier alpha value is -3.73. The molecule has 0 aliphatic rings. The number of Topliss-reactive ketones (excluding diaryl/α,β-unsaturated/α-hetero) is 1. The van der Waals surface area contributed by atoms with Gasteiger partial charge in [-0.15, -0.1) is 22.7 Å². The van der Waals surface area contributed by atoms with Crippen LogP contribution in [0.2, 0.25) is 0 Å². The maximum Gasteiger partial charge on any atom is 0.413 e.